The molecule has 2 heterocycles. The molecular formula is C10H13N5O2. The standard InChI is InChI=1S/C10H13N5O2/c1-6-3-8(14-13-6)5-11-10(16)12-9-4-7(2)15-17-9/h3-4H,5H2,1-2H3,(H,13,14)(H2,11,12,16). The van der Waals surface area contributed by atoms with Crippen molar-refractivity contribution in [2.75, 3.05) is 5.32 Å². The molecule has 0 saturated heterocycles. The lowest BCUT2D eigenvalue weighted by atomic mass is 10.4. The average molecular weight is 235 g/mol. The van der Waals surface area contributed by atoms with Crippen molar-refractivity contribution in [3.05, 3.63) is 29.2 Å². The lowest BCUT2D eigenvalue weighted by molar-refractivity contribution is 0.250. The summed E-state index contributed by atoms with van der Waals surface area (Å²) < 4.78 is 4.85. The number of nitrogens with zero attached hydrogens (tertiary/aromatic N) is 2. The highest BCUT2D eigenvalue weighted by Crippen LogP contribution is 2.07. The number of hydrogen-bond donors (Lipinski definition) is 3. The first-order valence-corrected chi connectivity index (χ1v) is 5.12. The fourth-order valence-corrected chi connectivity index (χ4v) is 1.31. The number of anilines is 1. The first-order chi connectivity index (χ1) is 8.13. The molecule has 0 radical (unpaired) electrons. The van der Waals surface area contributed by atoms with Crippen molar-refractivity contribution in [1.29, 1.82) is 0 Å². The SMILES string of the molecule is Cc1cc(NC(=O)NCc2cc(C)[nH]n2)on1. The molecule has 7 heteroatoms. The van der Waals surface area contributed by atoms with Gasteiger partial charge in [-0.1, -0.05) is 5.16 Å². The maximum atomic E-state index is 11.5. The summed E-state index contributed by atoms with van der Waals surface area (Å²) in [7, 11) is 0. The molecule has 2 amide bonds. The van der Waals surface area contributed by atoms with Gasteiger partial charge in [-0.05, 0) is 19.9 Å². The van der Waals surface area contributed by atoms with Crippen molar-refractivity contribution in [1.82, 2.24) is 20.7 Å². The number of aromatic nitrogens is 3. The summed E-state index contributed by atoms with van der Waals surface area (Å²) in [4.78, 5) is 11.5. The Bertz CT molecular complexity index is 516. The number of carbonyl (C=O) groups is 1. The van der Waals surface area contributed by atoms with Gasteiger partial charge in [0.2, 0.25) is 5.88 Å². The van der Waals surface area contributed by atoms with E-state index >= 15 is 0 Å². The molecule has 2 aromatic rings. The van der Waals surface area contributed by atoms with Crippen LogP contribution in [0.25, 0.3) is 0 Å². The van der Waals surface area contributed by atoms with Gasteiger partial charge < -0.3 is 9.84 Å². The second-order valence-electron chi connectivity index (χ2n) is 3.68. The van der Waals surface area contributed by atoms with Crippen molar-refractivity contribution >= 4 is 11.9 Å². The normalized spacial score (nSPS) is 10.2. The zero-order valence-corrected chi connectivity index (χ0v) is 9.57. The van der Waals surface area contributed by atoms with Crippen LogP contribution >= 0.6 is 0 Å². The van der Waals surface area contributed by atoms with Gasteiger partial charge in [-0.3, -0.25) is 10.4 Å². The molecule has 0 aliphatic carbocycles. The number of rotatable bonds is 3. The highest BCUT2D eigenvalue weighted by Gasteiger charge is 2.06. The van der Waals surface area contributed by atoms with Crippen molar-refractivity contribution in [3.63, 3.8) is 0 Å². The fourth-order valence-electron chi connectivity index (χ4n) is 1.31. The van der Waals surface area contributed by atoms with E-state index in [1.54, 1.807) is 13.0 Å². The molecule has 0 unspecified atom stereocenters. The van der Waals surface area contributed by atoms with Gasteiger partial charge in [0.15, 0.2) is 0 Å². The molecular weight excluding hydrogens is 222 g/mol. The van der Waals surface area contributed by atoms with E-state index in [0.717, 1.165) is 11.4 Å². The number of carbonyl (C=O) groups excluding carboxylic acids is 1. The van der Waals surface area contributed by atoms with Gasteiger partial charge in [-0.15, -0.1) is 0 Å². The maximum absolute atomic E-state index is 11.5. The van der Waals surface area contributed by atoms with Crippen LogP contribution in [0, 0.1) is 13.8 Å². The monoisotopic (exact) mass is 235 g/mol. The van der Waals surface area contributed by atoms with Crippen LogP contribution in [0.15, 0.2) is 16.7 Å². The molecule has 0 fully saturated rings. The van der Waals surface area contributed by atoms with Gasteiger partial charge in [0.25, 0.3) is 0 Å². The Morgan fingerprint density at radius 3 is 2.88 bits per heavy atom. The van der Waals surface area contributed by atoms with Crippen molar-refractivity contribution in [3.8, 4) is 0 Å². The third-order valence-electron chi connectivity index (χ3n) is 2.05. The smallest absolute Gasteiger partial charge is 0.321 e. The van der Waals surface area contributed by atoms with E-state index < -0.39 is 0 Å². The zero-order valence-electron chi connectivity index (χ0n) is 9.57. The highest BCUT2D eigenvalue weighted by molar-refractivity contribution is 5.87. The molecule has 7 nitrogen and oxygen atoms in total. The van der Waals surface area contributed by atoms with Gasteiger partial charge in [0, 0.05) is 11.8 Å². The number of nitrogens with one attached hydrogen (secondary N) is 3. The van der Waals surface area contributed by atoms with Crippen LogP contribution in [0.5, 0.6) is 0 Å². The lowest BCUT2D eigenvalue weighted by Gasteiger charge is -2.02. The molecule has 0 aliphatic heterocycles. The van der Waals surface area contributed by atoms with Gasteiger partial charge in [0.1, 0.15) is 0 Å². The summed E-state index contributed by atoms with van der Waals surface area (Å²) in [5.74, 6) is 0.318. The molecule has 2 aromatic heterocycles. The Kier molecular flexibility index (Phi) is 3.08. The first-order valence-electron chi connectivity index (χ1n) is 5.12. The van der Waals surface area contributed by atoms with E-state index in [9.17, 15) is 4.79 Å². The predicted octanol–water partition coefficient (Wildman–Crippen LogP) is 1.34. The summed E-state index contributed by atoms with van der Waals surface area (Å²) in [6, 6.07) is 3.14. The van der Waals surface area contributed by atoms with E-state index in [1.165, 1.54) is 0 Å². The second-order valence-corrected chi connectivity index (χ2v) is 3.68. The van der Waals surface area contributed by atoms with E-state index in [0.29, 0.717) is 18.1 Å². The van der Waals surface area contributed by atoms with E-state index in [-0.39, 0.29) is 6.03 Å². The largest absolute Gasteiger partial charge is 0.338 e. The molecule has 2 rings (SSSR count). The summed E-state index contributed by atoms with van der Waals surface area (Å²) in [5.41, 5.74) is 2.43. The van der Waals surface area contributed by atoms with Crippen LogP contribution in [0.2, 0.25) is 0 Å². The fraction of sp³-hybridized carbons (Fsp3) is 0.300. The Labute approximate surface area is 97.6 Å². The molecule has 0 aliphatic rings. The Morgan fingerprint density at radius 2 is 2.29 bits per heavy atom. The van der Waals surface area contributed by atoms with Crippen LogP contribution in [-0.4, -0.2) is 21.4 Å². The van der Waals surface area contributed by atoms with Crippen LogP contribution in [0.1, 0.15) is 17.1 Å². The van der Waals surface area contributed by atoms with Gasteiger partial charge in [0.05, 0.1) is 17.9 Å². The summed E-state index contributed by atoms with van der Waals surface area (Å²) in [6.45, 7) is 4.02. The van der Waals surface area contributed by atoms with Crippen molar-refractivity contribution in [2.45, 2.75) is 20.4 Å². The van der Waals surface area contributed by atoms with Crippen LogP contribution in [-0.2, 0) is 6.54 Å². The second kappa shape index (κ2) is 4.69. The van der Waals surface area contributed by atoms with E-state index in [1.807, 2.05) is 13.0 Å². The Morgan fingerprint density at radius 1 is 1.47 bits per heavy atom. The van der Waals surface area contributed by atoms with Crippen LogP contribution in [0.4, 0.5) is 10.7 Å². The van der Waals surface area contributed by atoms with Crippen molar-refractivity contribution in [2.24, 2.45) is 0 Å². The molecule has 0 aromatic carbocycles. The van der Waals surface area contributed by atoms with Gasteiger partial charge in [-0.2, -0.15) is 5.10 Å². The molecule has 0 bridgehead atoms. The van der Waals surface area contributed by atoms with Crippen molar-refractivity contribution < 1.29 is 9.32 Å². The molecule has 0 atom stereocenters. The quantitative estimate of drug-likeness (QED) is 0.747. The van der Waals surface area contributed by atoms with Crippen LogP contribution in [0.3, 0.4) is 0 Å². The number of urea groups is 1. The number of hydrogen-bond acceptors (Lipinski definition) is 4. The highest BCUT2D eigenvalue weighted by atomic mass is 16.5. The first kappa shape index (κ1) is 11.2. The van der Waals surface area contributed by atoms with Gasteiger partial charge in [-0.25, -0.2) is 4.79 Å². The lowest BCUT2D eigenvalue weighted by Crippen LogP contribution is -2.28. The molecule has 3 N–H and O–H groups in total. The maximum Gasteiger partial charge on any atom is 0.321 e. The number of aryl methyl sites for hydroxylation is 2. The molecule has 0 saturated carbocycles. The molecule has 90 valence electrons. The predicted molar refractivity (Wildman–Crippen MR) is 60.4 cm³/mol. The minimum absolute atomic E-state index is 0.318. The molecule has 17 heavy (non-hydrogen) atoms. The number of aromatic amines is 1. The summed E-state index contributed by atoms with van der Waals surface area (Å²) >= 11 is 0. The third-order valence-corrected chi connectivity index (χ3v) is 2.05. The van der Waals surface area contributed by atoms with E-state index in [2.05, 4.69) is 26.0 Å². The number of H-pyrrole nitrogens is 1. The Hall–Kier alpha value is -2.31. The zero-order chi connectivity index (χ0) is 12.3. The minimum Gasteiger partial charge on any atom is -0.338 e. The minimum atomic E-state index is -0.359. The van der Waals surface area contributed by atoms with E-state index in [4.69, 9.17) is 4.52 Å². The summed E-state index contributed by atoms with van der Waals surface area (Å²) in [6.07, 6.45) is 0. The third kappa shape index (κ3) is 3.07. The Balaban J connectivity index is 1.82. The molecule has 0 spiro atoms. The summed E-state index contributed by atoms with van der Waals surface area (Å²) in [5, 5.41) is 15.6. The average Bonchev–Trinajstić information content (AvgIpc) is 2.85. The van der Waals surface area contributed by atoms with Gasteiger partial charge >= 0.3 is 6.03 Å². The topological polar surface area (TPSA) is 95.8 Å². The van der Waals surface area contributed by atoms with Crippen LogP contribution < -0.4 is 10.6 Å². The number of amides is 2.